The van der Waals surface area contributed by atoms with Crippen LogP contribution >= 0.6 is 0 Å². The van der Waals surface area contributed by atoms with Gasteiger partial charge in [0.15, 0.2) is 0 Å². The normalized spacial score (nSPS) is 11.9. The molecular formula is C17H21NO2. The van der Waals surface area contributed by atoms with Crippen molar-refractivity contribution in [3.05, 3.63) is 59.7 Å². The summed E-state index contributed by atoms with van der Waals surface area (Å²) in [4.78, 5) is 0. The molecular weight excluding hydrogens is 250 g/mol. The lowest BCUT2D eigenvalue weighted by Crippen LogP contribution is -2.10. The van der Waals surface area contributed by atoms with Crippen LogP contribution in [0.3, 0.4) is 0 Å². The van der Waals surface area contributed by atoms with Crippen LogP contribution in [0.5, 0.6) is 11.5 Å². The molecule has 0 heterocycles. The second-order valence-corrected chi connectivity index (χ2v) is 4.69. The molecule has 0 saturated carbocycles. The molecule has 106 valence electrons. The molecule has 1 unspecified atom stereocenters. The van der Waals surface area contributed by atoms with Crippen LogP contribution in [0.2, 0.25) is 0 Å². The summed E-state index contributed by atoms with van der Waals surface area (Å²) in [6.07, 6.45) is 0.888. The van der Waals surface area contributed by atoms with E-state index < -0.39 is 0 Å². The molecule has 0 bridgehead atoms. The number of nitrogens with two attached hydrogens (primary N) is 1. The van der Waals surface area contributed by atoms with Crippen molar-refractivity contribution in [2.24, 2.45) is 5.73 Å². The van der Waals surface area contributed by atoms with Crippen molar-refractivity contribution in [3.8, 4) is 11.5 Å². The maximum absolute atomic E-state index is 6.11. The van der Waals surface area contributed by atoms with E-state index in [2.05, 4.69) is 6.92 Å². The van der Waals surface area contributed by atoms with E-state index in [0.717, 1.165) is 29.0 Å². The third-order valence-electron chi connectivity index (χ3n) is 3.29. The van der Waals surface area contributed by atoms with Crippen LogP contribution in [-0.2, 0) is 6.61 Å². The van der Waals surface area contributed by atoms with E-state index in [1.165, 1.54) is 0 Å². The van der Waals surface area contributed by atoms with E-state index in [9.17, 15) is 0 Å². The molecule has 3 nitrogen and oxygen atoms in total. The Bertz CT molecular complexity index is 554. The predicted molar refractivity (Wildman–Crippen MR) is 81.0 cm³/mol. The van der Waals surface area contributed by atoms with Crippen LogP contribution in [0, 0.1) is 0 Å². The second kappa shape index (κ2) is 6.96. The maximum atomic E-state index is 6.11. The Morgan fingerprint density at radius 3 is 2.65 bits per heavy atom. The lowest BCUT2D eigenvalue weighted by atomic mass is 10.0. The van der Waals surface area contributed by atoms with Crippen molar-refractivity contribution in [1.82, 2.24) is 0 Å². The van der Waals surface area contributed by atoms with Gasteiger partial charge in [-0.2, -0.15) is 0 Å². The highest BCUT2D eigenvalue weighted by atomic mass is 16.5. The Hall–Kier alpha value is -2.00. The van der Waals surface area contributed by atoms with E-state index in [4.69, 9.17) is 15.2 Å². The first-order valence-corrected chi connectivity index (χ1v) is 6.84. The van der Waals surface area contributed by atoms with Gasteiger partial charge in [-0.15, -0.1) is 0 Å². The smallest absolute Gasteiger partial charge is 0.124 e. The predicted octanol–water partition coefficient (Wildman–Crippen LogP) is 3.68. The van der Waals surface area contributed by atoms with Gasteiger partial charge in [-0.3, -0.25) is 0 Å². The number of methoxy groups -OCH3 is 1. The summed E-state index contributed by atoms with van der Waals surface area (Å²) < 4.78 is 11.1. The summed E-state index contributed by atoms with van der Waals surface area (Å²) in [5, 5.41) is 0. The van der Waals surface area contributed by atoms with Gasteiger partial charge in [-0.05, 0) is 30.2 Å². The first-order valence-electron chi connectivity index (χ1n) is 6.84. The van der Waals surface area contributed by atoms with Gasteiger partial charge < -0.3 is 15.2 Å². The highest BCUT2D eigenvalue weighted by Crippen LogP contribution is 2.26. The van der Waals surface area contributed by atoms with E-state index in [-0.39, 0.29) is 6.04 Å². The SMILES string of the molecule is CCC(N)c1ccccc1OCc1cccc(OC)c1. The van der Waals surface area contributed by atoms with Gasteiger partial charge in [0, 0.05) is 11.6 Å². The standard InChI is InChI=1S/C17H21NO2/c1-3-16(18)15-9-4-5-10-17(15)20-12-13-7-6-8-14(11-13)19-2/h4-11,16H,3,12,18H2,1-2H3. The Morgan fingerprint density at radius 2 is 1.90 bits per heavy atom. The molecule has 2 N–H and O–H groups in total. The molecule has 2 aromatic rings. The van der Waals surface area contributed by atoms with Gasteiger partial charge in [0.25, 0.3) is 0 Å². The van der Waals surface area contributed by atoms with E-state index in [0.29, 0.717) is 6.61 Å². The highest BCUT2D eigenvalue weighted by Gasteiger charge is 2.09. The summed E-state index contributed by atoms with van der Waals surface area (Å²) in [5.41, 5.74) is 8.24. The van der Waals surface area contributed by atoms with Gasteiger partial charge >= 0.3 is 0 Å². The number of hydrogen-bond donors (Lipinski definition) is 1. The molecule has 0 aromatic heterocycles. The molecule has 20 heavy (non-hydrogen) atoms. The summed E-state index contributed by atoms with van der Waals surface area (Å²) in [6.45, 7) is 2.58. The number of benzene rings is 2. The van der Waals surface area contributed by atoms with Crippen molar-refractivity contribution >= 4 is 0 Å². The average molecular weight is 271 g/mol. The van der Waals surface area contributed by atoms with Crippen molar-refractivity contribution < 1.29 is 9.47 Å². The number of hydrogen-bond acceptors (Lipinski definition) is 3. The Labute approximate surface area is 120 Å². The second-order valence-electron chi connectivity index (χ2n) is 4.69. The van der Waals surface area contributed by atoms with Crippen molar-refractivity contribution in [3.63, 3.8) is 0 Å². The summed E-state index contributed by atoms with van der Waals surface area (Å²) >= 11 is 0. The fraction of sp³-hybridized carbons (Fsp3) is 0.294. The molecule has 1 atom stereocenters. The zero-order chi connectivity index (χ0) is 14.4. The lowest BCUT2D eigenvalue weighted by molar-refractivity contribution is 0.300. The molecule has 0 aliphatic heterocycles. The van der Waals surface area contributed by atoms with Gasteiger partial charge in [0.1, 0.15) is 18.1 Å². The zero-order valence-electron chi connectivity index (χ0n) is 12.0. The van der Waals surface area contributed by atoms with Crippen LogP contribution < -0.4 is 15.2 Å². The largest absolute Gasteiger partial charge is 0.497 e. The highest BCUT2D eigenvalue weighted by molar-refractivity contribution is 5.36. The van der Waals surface area contributed by atoms with Gasteiger partial charge in [0.05, 0.1) is 7.11 Å². The molecule has 0 saturated heterocycles. The topological polar surface area (TPSA) is 44.5 Å². The van der Waals surface area contributed by atoms with Crippen molar-refractivity contribution in [2.75, 3.05) is 7.11 Å². The molecule has 0 amide bonds. The van der Waals surface area contributed by atoms with Crippen molar-refractivity contribution in [1.29, 1.82) is 0 Å². The van der Waals surface area contributed by atoms with Crippen LogP contribution in [0.1, 0.15) is 30.5 Å². The molecule has 0 aliphatic rings. The maximum Gasteiger partial charge on any atom is 0.124 e. The molecule has 0 spiro atoms. The number of para-hydroxylation sites is 1. The molecule has 2 rings (SSSR count). The molecule has 2 aromatic carbocycles. The third kappa shape index (κ3) is 3.52. The summed E-state index contributed by atoms with van der Waals surface area (Å²) in [5.74, 6) is 1.69. The van der Waals surface area contributed by atoms with Crippen LogP contribution in [0.25, 0.3) is 0 Å². The summed E-state index contributed by atoms with van der Waals surface area (Å²) in [6, 6.07) is 15.8. The van der Waals surface area contributed by atoms with E-state index in [1.807, 2.05) is 48.5 Å². The fourth-order valence-corrected chi connectivity index (χ4v) is 2.06. The number of rotatable bonds is 6. The van der Waals surface area contributed by atoms with Crippen LogP contribution in [0.4, 0.5) is 0 Å². The van der Waals surface area contributed by atoms with Crippen LogP contribution in [0.15, 0.2) is 48.5 Å². The first kappa shape index (κ1) is 14.4. The van der Waals surface area contributed by atoms with Gasteiger partial charge in [-0.25, -0.2) is 0 Å². The molecule has 3 heteroatoms. The minimum Gasteiger partial charge on any atom is -0.497 e. The summed E-state index contributed by atoms with van der Waals surface area (Å²) in [7, 11) is 1.66. The Balaban J connectivity index is 2.10. The lowest BCUT2D eigenvalue weighted by Gasteiger charge is -2.15. The molecule has 0 aliphatic carbocycles. The number of ether oxygens (including phenoxy) is 2. The van der Waals surface area contributed by atoms with Gasteiger partial charge in [-0.1, -0.05) is 37.3 Å². The minimum atomic E-state index is 0.0107. The minimum absolute atomic E-state index is 0.0107. The van der Waals surface area contributed by atoms with Gasteiger partial charge in [0.2, 0.25) is 0 Å². The monoisotopic (exact) mass is 271 g/mol. The zero-order valence-corrected chi connectivity index (χ0v) is 12.0. The molecule has 0 radical (unpaired) electrons. The van der Waals surface area contributed by atoms with E-state index >= 15 is 0 Å². The quantitative estimate of drug-likeness (QED) is 0.871. The van der Waals surface area contributed by atoms with Crippen molar-refractivity contribution in [2.45, 2.75) is 26.0 Å². The Morgan fingerprint density at radius 1 is 1.10 bits per heavy atom. The van der Waals surface area contributed by atoms with E-state index in [1.54, 1.807) is 7.11 Å². The third-order valence-corrected chi connectivity index (χ3v) is 3.29. The fourth-order valence-electron chi connectivity index (χ4n) is 2.06. The first-order chi connectivity index (χ1) is 9.74. The average Bonchev–Trinajstić information content (AvgIpc) is 2.52. The Kier molecular flexibility index (Phi) is 5.02. The molecule has 0 fully saturated rings. The van der Waals surface area contributed by atoms with Crippen LogP contribution in [-0.4, -0.2) is 7.11 Å².